The molecule has 0 unspecified atom stereocenters. The van der Waals surface area contributed by atoms with Gasteiger partial charge in [0.2, 0.25) is 0 Å². The number of benzene rings is 1. The molecule has 1 aliphatic rings. The van der Waals surface area contributed by atoms with Crippen LogP contribution < -0.4 is 10.6 Å². The van der Waals surface area contributed by atoms with Gasteiger partial charge in [-0.1, -0.05) is 12.1 Å². The highest BCUT2D eigenvalue weighted by molar-refractivity contribution is 6.05. The number of hydrogen-bond acceptors (Lipinski definition) is 3. The molecule has 1 aliphatic heterocycles. The quantitative estimate of drug-likeness (QED) is 0.868. The van der Waals surface area contributed by atoms with Gasteiger partial charge in [0.15, 0.2) is 0 Å². The summed E-state index contributed by atoms with van der Waals surface area (Å²) in [6.45, 7) is 3.83. The molecule has 3 rings (SSSR count). The third kappa shape index (κ3) is 2.49. The van der Waals surface area contributed by atoms with Crippen LogP contribution in [0.15, 0.2) is 28.7 Å². The van der Waals surface area contributed by atoms with Gasteiger partial charge >= 0.3 is 0 Å². The summed E-state index contributed by atoms with van der Waals surface area (Å²) in [5.74, 6) is 0.795. The number of fused-ring (bicyclic) bond motifs is 1. The second kappa shape index (κ2) is 5.05. The lowest BCUT2D eigenvalue weighted by atomic mass is 10.1. The number of furan rings is 1. The molecule has 2 aromatic rings. The van der Waals surface area contributed by atoms with E-state index in [1.165, 1.54) is 0 Å². The first-order chi connectivity index (χ1) is 9.24. The maximum atomic E-state index is 12.3. The molecule has 2 N–H and O–H groups in total. The van der Waals surface area contributed by atoms with Crippen molar-refractivity contribution in [2.24, 2.45) is 0 Å². The number of hydrogen-bond donors (Lipinski definition) is 2. The average Bonchev–Trinajstić information content (AvgIpc) is 2.79. The SMILES string of the molecule is Cc1cc2cccc(C(=O)NC3CCNCC3)c2o1. The number of rotatable bonds is 2. The summed E-state index contributed by atoms with van der Waals surface area (Å²) in [5, 5.41) is 7.37. The van der Waals surface area contributed by atoms with Crippen LogP contribution in [0.3, 0.4) is 0 Å². The first-order valence-corrected chi connectivity index (χ1v) is 6.75. The van der Waals surface area contributed by atoms with Crippen LogP contribution in [0.1, 0.15) is 29.0 Å². The van der Waals surface area contributed by atoms with Crippen molar-refractivity contribution in [2.45, 2.75) is 25.8 Å². The zero-order chi connectivity index (χ0) is 13.2. The van der Waals surface area contributed by atoms with E-state index in [0.717, 1.165) is 37.1 Å². The Morgan fingerprint density at radius 3 is 2.95 bits per heavy atom. The summed E-state index contributed by atoms with van der Waals surface area (Å²) in [7, 11) is 0. The Kier molecular flexibility index (Phi) is 3.25. The fourth-order valence-corrected chi connectivity index (χ4v) is 2.60. The molecule has 0 radical (unpaired) electrons. The molecule has 19 heavy (non-hydrogen) atoms. The largest absolute Gasteiger partial charge is 0.461 e. The Balaban J connectivity index is 1.84. The van der Waals surface area contributed by atoms with E-state index >= 15 is 0 Å². The minimum atomic E-state index is -0.0353. The second-order valence-corrected chi connectivity index (χ2v) is 5.08. The molecule has 4 heteroatoms. The Morgan fingerprint density at radius 1 is 1.37 bits per heavy atom. The molecule has 4 nitrogen and oxygen atoms in total. The number of nitrogens with one attached hydrogen (secondary N) is 2. The van der Waals surface area contributed by atoms with Gasteiger partial charge < -0.3 is 15.1 Å². The molecule has 2 heterocycles. The van der Waals surface area contributed by atoms with Gasteiger partial charge in [-0.2, -0.15) is 0 Å². The van der Waals surface area contributed by atoms with E-state index in [0.29, 0.717) is 11.1 Å². The van der Waals surface area contributed by atoms with E-state index in [-0.39, 0.29) is 11.9 Å². The zero-order valence-electron chi connectivity index (χ0n) is 11.0. The van der Waals surface area contributed by atoms with Crippen molar-refractivity contribution in [3.05, 3.63) is 35.6 Å². The van der Waals surface area contributed by atoms with Crippen LogP contribution in [0, 0.1) is 6.92 Å². The minimum absolute atomic E-state index is 0.0353. The Labute approximate surface area is 112 Å². The predicted molar refractivity (Wildman–Crippen MR) is 74.3 cm³/mol. The van der Waals surface area contributed by atoms with Crippen molar-refractivity contribution in [1.82, 2.24) is 10.6 Å². The van der Waals surface area contributed by atoms with E-state index in [1.54, 1.807) is 0 Å². The first kappa shape index (κ1) is 12.2. The van der Waals surface area contributed by atoms with Crippen LogP contribution >= 0.6 is 0 Å². The number of para-hydroxylation sites is 1. The third-order valence-corrected chi connectivity index (χ3v) is 3.59. The van der Waals surface area contributed by atoms with E-state index in [1.807, 2.05) is 31.2 Å². The molecule has 0 spiro atoms. The highest BCUT2D eigenvalue weighted by atomic mass is 16.3. The highest BCUT2D eigenvalue weighted by Gasteiger charge is 2.19. The van der Waals surface area contributed by atoms with Gasteiger partial charge in [0.25, 0.3) is 5.91 Å². The molecule has 0 saturated carbocycles. The number of piperidine rings is 1. The van der Waals surface area contributed by atoms with Crippen molar-refractivity contribution < 1.29 is 9.21 Å². The van der Waals surface area contributed by atoms with Crippen LogP contribution in [-0.4, -0.2) is 25.0 Å². The fraction of sp³-hybridized carbons (Fsp3) is 0.400. The Bertz CT molecular complexity index is 597. The number of carbonyl (C=O) groups is 1. The highest BCUT2D eigenvalue weighted by Crippen LogP contribution is 2.22. The van der Waals surface area contributed by atoms with E-state index in [2.05, 4.69) is 10.6 Å². The average molecular weight is 258 g/mol. The van der Waals surface area contributed by atoms with Gasteiger partial charge in [0, 0.05) is 11.4 Å². The molecule has 1 saturated heterocycles. The third-order valence-electron chi connectivity index (χ3n) is 3.59. The summed E-state index contributed by atoms with van der Waals surface area (Å²) in [5.41, 5.74) is 1.32. The molecule has 0 atom stereocenters. The van der Waals surface area contributed by atoms with Crippen LogP contribution in [0.5, 0.6) is 0 Å². The molecule has 1 aromatic heterocycles. The van der Waals surface area contributed by atoms with E-state index in [9.17, 15) is 4.79 Å². The van der Waals surface area contributed by atoms with Gasteiger partial charge in [0.1, 0.15) is 11.3 Å². The summed E-state index contributed by atoms with van der Waals surface area (Å²) < 4.78 is 5.64. The summed E-state index contributed by atoms with van der Waals surface area (Å²) in [6.07, 6.45) is 1.97. The molecule has 1 aromatic carbocycles. The number of aryl methyl sites for hydroxylation is 1. The second-order valence-electron chi connectivity index (χ2n) is 5.08. The molecule has 0 bridgehead atoms. The number of amides is 1. The van der Waals surface area contributed by atoms with Crippen LogP contribution in [0.2, 0.25) is 0 Å². The lowest BCUT2D eigenvalue weighted by Gasteiger charge is -2.23. The van der Waals surface area contributed by atoms with Crippen LogP contribution in [0.4, 0.5) is 0 Å². The minimum Gasteiger partial charge on any atom is -0.461 e. The Morgan fingerprint density at radius 2 is 2.16 bits per heavy atom. The smallest absolute Gasteiger partial charge is 0.255 e. The lowest BCUT2D eigenvalue weighted by molar-refractivity contribution is 0.0930. The summed E-state index contributed by atoms with van der Waals surface area (Å²) >= 11 is 0. The topological polar surface area (TPSA) is 54.3 Å². The van der Waals surface area contributed by atoms with Crippen molar-refractivity contribution >= 4 is 16.9 Å². The maximum absolute atomic E-state index is 12.3. The van der Waals surface area contributed by atoms with Gasteiger partial charge in [-0.05, 0) is 45.0 Å². The molecular weight excluding hydrogens is 240 g/mol. The monoisotopic (exact) mass is 258 g/mol. The van der Waals surface area contributed by atoms with Crippen molar-refractivity contribution in [3.63, 3.8) is 0 Å². The molecule has 1 amide bonds. The van der Waals surface area contributed by atoms with Crippen molar-refractivity contribution in [1.29, 1.82) is 0 Å². The molecule has 1 fully saturated rings. The maximum Gasteiger partial charge on any atom is 0.255 e. The standard InChI is InChI=1S/C15H18N2O2/c1-10-9-11-3-2-4-13(14(11)19-10)15(18)17-12-5-7-16-8-6-12/h2-4,9,12,16H,5-8H2,1H3,(H,17,18). The van der Waals surface area contributed by atoms with Crippen molar-refractivity contribution in [3.8, 4) is 0 Å². The summed E-state index contributed by atoms with van der Waals surface area (Å²) in [4.78, 5) is 12.3. The van der Waals surface area contributed by atoms with E-state index < -0.39 is 0 Å². The van der Waals surface area contributed by atoms with Crippen LogP contribution in [0.25, 0.3) is 11.0 Å². The van der Waals surface area contributed by atoms with Gasteiger partial charge in [-0.25, -0.2) is 0 Å². The molecule has 100 valence electrons. The van der Waals surface area contributed by atoms with Gasteiger partial charge in [0.05, 0.1) is 5.56 Å². The summed E-state index contributed by atoms with van der Waals surface area (Å²) in [6, 6.07) is 7.90. The van der Waals surface area contributed by atoms with Gasteiger partial charge in [-0.15, -0.1) is 0 Å². The normalized spacial score (nSPS) is 16.7. The van der Waals surface area contributed by atoms with Crippen LogP contribution in [-0.2, 0) is 0 Å². The molecular formula is C15H18N2O2. The molecule has 0 aliphatic carbocycles. The Hall–Kier alpha value is -1.81. The van der Waals surface area contributed by atoms with E-state index in [4.69, 9.17) is 4.42 Å². The zero-order valence-corrected chi connectivity index (χ0v) is 11.0. The lowest BCUT2D eigenvalue weighted by Crippen LogP contribution is -2.42. The van der Waals surface area contributed by atoms with Crippen molar-refractivity contribution in [2.75, 3.05) is 13.1 Å². The number of carbonyl (C=O) groups excluding carboxylic acids is 1. The predicted octanol–water partition coefficient (Wildman–Crippen LogP) is 2.22. The first-order valence-electron chi connectivity index (χ1n) is 6.75. The fourth-order valence-electron chi connectivity index (χ4n) is 2.60. The van der Waals surface area contributed by atoms with Gasteiger partial charge in [-0.3, -0.25) is 4.79 Å².